The average molecular weight is 460 g/mol. The van der Waals surface area contributed by atoms with E-state index in [0.717, 1.165) is 59.2 Å². The van der Waals surface area contributed by atoms with Crippen LogP contribution in [0.4, 0.5) is 11.5 Å². The number of aromatic nitrogens is 2. The molecule has 1 aromatic heterocycles. The van der Waals surface area contributed by atoms with E-state index in [4.69, 9.17) is 4.98 Å². The Kier molecular flexibility index (Phi) is 6.90. The number of benzene rings is 1. The first-order chi connectivity index (χ1) is 13.7. The summed E-state index contributed by atoms with van der Waals surface area (Å²) >= 11 is 3.53. The highest BCUT2D eigenvalue weighted by molar-refractivity contribution is 9.10. The number of hydrogen-bond acceptors (Lipinski definition) is 5. The summed E-state index contributed by atoms with van der Waals surface area (Å²) in [6, 6.07) is 7.80. The van der Waals surface area contributed by atoms with Gasteiger partial charge in [0.05, 0.1) is 11.7 Å². The van der Waals surface area contributed by atoms with Crippen LogP contribution in [0.5, 0.6) is 0 Å². The molecule has 6 nitrogen and oxygen atoms in total. The molecule has 0 spiro atoms. The lowest BCUT2D eigenvalue weighted by Crippen LogP contribution is -2.53. The standard InChI is InChI=1S/C22H30BrN5O/c1-14(2)21-24-16(4)13-20(26-21)28-10-8-27(9-11-28)17(5)22(29)25-19-7-6-15(3)12-18(19)23/h6-7,12-14,17H,8-11H2,1-5H3,(H,25,29). The van der Waals surface area contributed by atoms with Crippen LogP contribution in [0.1, 0.15) is 43.8 Å². The molecular weight excluding hydrogens is 430 g/mol. The number of carbonyl (C=O) groups is 1. The SMILES string of the molecule is Cc1ccc(NC(=O)C(C)N2CCN(c3cc(C)nc(C(C)C)n3)CC2)c(Br)c1. The molecular formula is C22H30BrN5O. The summed E-state index contributed by atoms with van der Waals surface area (Å²) in [5.41, 5.74) is 2.96. The highest BCUT2D eigenvalue weighted by Gasteiger charge is 2.27. The normalized spacial score (nSPS) is 16.2. The van der Waals surface area contributed by atoms with Gasteiger partial charge in [-0.2, -0.15) is 0 Å². The van der Waals surface area contributed by atoms with Crippen molar-refractivity contribution in [3.63, 3.8) is 0 Å². The van der Waals surface area contributed by atoms with Crippen LogP contribution in [0, 0.1) is 13.8 Å². The number of halogens is 1. The van der Waals surface area contributed by atoms with E-state index in [-0.39, 0.29) is 11.9 Å². The van der Waals surface area contributed by atoms with E-state index in [0.29, 0.717) is 5.92 Å². The lowest BCUT2D eigenvalue weighted by atomic mass is 10.2. The molecule has 2 aromatic rings. The number of hydrogen-bond donors (Lipinski definition) is 1. The third-order valence-corrected chi connectivity index (χ3v) is 5.98. The number of piperazine rings is 1. The van der Waals surface area contributed by atoms with Crippen molar-refractivity contribution >= 4 is 33.3 Å². The van der Waals surface area contributed by atoms with Crippen LogP contribution in [0.2, 0.25) is 0 Å². The molecule has 1 amide bonds. The molecule has 2 heterocycles. The minimum atomic E-state index is -0.191. The Morgan fingerprint density at radius 2 is 1.76 bits per heavy atom. The quantitative estimate of drug-likeness (QED) is 0.727. The van der Waals surface area contributed by atoms with Gasteiger partial charge < -0.3 is 10.2 Å². The maximum Gasteiger partial charge on any atom is 0.241 e. The predicted octanol–water partition coefficient (Wildman–Crippen LogP) is 4.13. The number of rotatable bonds is 5. The predicted molar refractivity (Wildman–Crippen MR) is 122 cm³/mol. The van der Waals surface area contributed by atoms with Crippen molar-refractivity contribution in [2.75, 3.05) is 36.4 Å². The lowest BCUT2D eigenvalue weighted by molar-refractivity contribution is -0.120. The Hall–Kier alpha value is -1.99. The smallest absolute Gasteiger partial charge is 0.241 e. The van der Waals surface area contributed by atoms with E-state index in [1.807, 2.05) is 45.0 Å². The van der Waals surface area contributed by atoms with Crippen molar-refractivity contribution in [3.05, 3.63) is 45.8 Å². The van der Waals surface area contributed by atoms with E-state index in [2.05, 4.69) is 49.9 Å². The third kappa shape index (κ3) is 5.34. The summed E-state index contributed by atoms with van der Waals surface area (Å²) in [6.07, 6.45) is 0. The second-order valence-electron chi connectivity index (χ2n) is 8.05. The van der Waals surface area contributed by atoms with Crippen molar-refractivity contribution in [1.29, 1.82) is 0 Å². The molecule has 1 aromatic carbocycles. The summed E-state index contributed by atoms with van der Waals surface area (Å²) in [5, 5.41) is 3.04. The Balaban J connectivity index is 1.60. The van der Waals surface area contributed by atoms with Gasteiger partial charge in [-0.3, -0.25) is 9.69 Å². The Bertz CT molecular complexity index is 878. The van der Waals surface area contributed by atoms with Gasteiger partial charge in [-0.1, -0.05) is 19.9 Å². The van der Waals surface area contributed by atoms with Gasteiger partial charge in [0.1, 0.15) is 11.6 Å². The first-order valence-electron chi connectivity index (χ1n) is 10.2. The number of anilines is 2. The molecule has 1 N–H and O–H groups in total. The van der Waals surface area contributed by atoms with Gasteiger partial charge in [-0.25, -0.2) is 9.97 Å². The fourth-order valence-electron chi connectivity index (χ4n) is 3.46. The van der Waals surface area contributed by atoms with Crippen LogP contribution in [-0.4, -0.2) is 53.0 Å². The van der Waals surface area contributed by atoms with Gasteiger partial charge in [0.15, 0.2) is 0 Å². The molecule has 1 unspecified atom stereocenters. The summed E-state index contributed by atoms with van der Waals surface area (Å²) in [5.74, 6) is 2.20. The van der Waals surface area contributed by atoms with E-state index in [1.165, 1.54) is 0 Å². The minimum absolute atomic E-state index is 0.0166. The number of nitrogens with one attached hydrogen (secondary N) is 1. The summed E-state index contributed by atoms with van der Waals surface area (Å²) in [7, 11) is 0. The molecule has 0 bridgehead atoms. The summed E-state index contributed by atoms with van der Waals surface area (Å²) < 4.78 is 0.906. The number of amides is 1. The maximum absolute atomic E-state index is 12.8. The van der Waals surface area contributed by atoms with Crippen molar-refractivity contribution in [3.8, 4) is 0 Å². The van der Waals surface area contributed by atoms with Gasteiger partial charge in [0.25, 0.3) is 0 Å². The van der Waals surface area contributed by atoms with Gasteiger partial charge in [0.2, 0.25) is 5.91 Å². The topological polar surface area (TPSA) is 61.4 Å². The highest BCUT2D eigenvalue weighted by Crippen LogP contribution is 2.24. The van der Waals surface area contributed by atoms with Crippen molar-refractivity contribution in [2.45, 2.75) is 46.6 Å². The van der Waals surface area contributed by atoms with Gasteiger partial charge in [-0.15, -0.1) is 0 Å². The molecule has 1 aliphatic heterocycles. The first kappa shape index (κ1) is 21.7. The molecule has 0 aliphatic carbocycles. The van der Waals surface area contributed by atoms with Crippen LogP contribution in [0.25, 0.3) is 0 Å². The van der Waals surface area contributed by atoms with E-state index < -0.39 is 0 Å². The van der Waals surface area contributed by atoms with E-state index in [1.54, 1.807) is 0 Å². The van der Waals surface area contributed by atoms with Gasteiger partial charge >= 0.3 is 0 Å². The average Bonchev–Trinajstić information content (AvgIpc) is 2.69. The van der Waals surface area contributed by atoms with Crippen molar-refractivity contribution < 1.29 is 4.79 Å². The molecule has 29 heavy (non-hydrogen) atoms. The van der Waals surface area contributed by atoms with Crippen molar-refractivity contribution in [1.82, 2.24) is 14.9 Å². The van der Waals surface area contributed by atoms with Crippen molar-refractivity contribution in [2.24, 2.45) is 0 Å². The first-order valence-corrected chi connectivity index (χ1v) is 11.0. The second-order valence-corrected chi connectivity index (χ2v) is 8.91. The molecule has 7 heteroatoms. The van der Waals surface area contributed by atoms with E-state index >= 15 is 0 Å². The molecule has 0 radical (unpaired) electrons. The zero-order valence-electron chi connectivity index (χ0n) is 17.9. The number of aryl methyl sites for hydroxylation is 2. The fourth-order valence-corrected chi connectivity index (χ4v) is 4.05. The second kappa shape index (κ2) is 9.22. The Morgan fingerprint density at radius 3 is 2.38 bits per heavy atom. The highest BCUT2D eigenvalue weighted by atomic mass is 79.9. The zero-order chi connectivity index (χ0) is 21.1. The number of nitrogens with zero attached hydrogens (tertiary/aromatic N) is 4. The number of carbonyl (C=O) groups excluding carboxylic acids is 1. The largest absolute Gasteiger partial charge is 0.354 e. The van der Waals surface area contributed by atoms with Crippen LogP contribution >= 0.6 is 15.9 Å². The molecule has 0 saturated carbocycles. The van der Waals surface area contributed by atoms with Gasteiger partial charge in [0, 0.05) is 48.3 Å². The monoisotopic (exact) mass is 459 g/mol. The molecule has 1 fully saturated rings. The lowest BCUT2D eigenvalue weighted by Gasteiger charge is -2.38. The molecule has 1 aliphatic rings. The molecule has 3 rings (SSSR count). The molecule has 1 saturated heterocycles. The van der Waals surface area contributed by atoms with Gasteiger partial charge in [-0.05, 0) is 54.4 Å². The van der Waals surface area contributed by atoms with Crippen LogP contribution in [-0.2, 0) is 4.79 Å². The third-order valence-electron chi connectivity index (χ3n) is 5.32. The van der Waals surface area contributed by atoms with Crippen LogP contribution in [0.3, 0.4) is 0 Å². The van der Waals surface area contributed by atoms with Crippen LogP contribution in [0.15, 0.2) is 28.7 Å². The molecule has 1 atom stereocenters. The molecule has 156 valence electrons. The Labute approximate surface area is 181 Å². The zero-order valence-corrected chi connectivity index (χ0v) is 19.5. The Morgan fingerprint density at radius 1 is 1.07 bits per heavy atom. The fraction of sp³-hybridized carbons (Fsp3) is 0.500. The van der Waals surface area contributed by atoms with Crippen LogP contribution < -0.4 is 10.2 Å². The maximum atomic E-state index is 12.8. The summed E-state index contributed by atoms with van der Waals surface area (Å²) in [4.78, 5) is 26.6. The van der Waals surface area contributed by atoms with E-state index in [9.17, 15) is 4.79 Å². The summed E-state index contributed by atoms with van der Waals surface area (Å²) in [6.45, 7) is 13.6. The minimum Gasteiger partial charge on any atom is -0.354 e.